The van der Waals surface area contributed by atoms with Crippen LogP contribution in [0.1, 0.15) is 38.7 Å². The second kappa shape index (κ2) is 8.74. The SMILES string of the molecule is O=C(O)c1ccc(C(O)c2cc3cc(C#CCc4ccccc4)ccc3cc2O)cc1. The van der Waals surface area contributed by atoms with Crippen molar-refractivity contribution in [2.45, 2.75) is 12.5 Å². The standard InChI is InChI=1S/C27H20O4/c28-25-17-22-10-9-19(8-4-7-18-5-2-1-3-6-18)15-23(22)16-24(25)26(29)20-11-13-21(14-12-20)27(30)31/h1-3,5-6,9-17,26,28-29H,7H2,(H,30,31). The van der Waals surface area contributed by atoms with Gasteiger partial charge in [-0.2, -0.15) is 0 Å². The van der Waals surface area contributed by atoms with Crippen LogP contribution >= 0.6 is 0 Å². The number of benzene rings is 4. The van der Waals surface area contributed by atoms with Crippen molar-refractivity contribution in [1.82, 2.24) is 0 Å². The molecule has 31 heavy (non-hydrogen) atoms. The van der Waals surface area contributed by atoms with Crippen LogP contribution in [0, 0.1) is 11.8 Å². The van der Waals surface area contributed by atoms with Gasteiger partial charge in [0.05, 0.1) is 5.56 Å². The molecule has 1 unspecified atom stereocenters. The van der Waals surface area contributed by atoms with Gasteiger partial charge in [-0.3, -0.25) is 0 Å². The Morgan fingerprint density at radius 2 is 1.61 bits per heavy atom. The van der Waals surface area contributed by atoms with Crippen LogP contribution in [0.25, 0.3) is 10.8 Å². The maximum absolute atomic E-state index is 11.0. The number of phenols is 1. The molecule has 0 heterocycles. The van der Waals surface area contributed by atoms with Crippen LogP contribution in [0.3, 0.4) is 0 Å². The Morgan fingerprint density at radius 1 is 0.871 bits per heavy atom. The molecule has 0 aliphatic heterocycles. The fraction of sp³-hybridized carbons (Fsp3) is 0.0741. The van der Waals surface area contributed by atoms with Crippen molar-refractivity contribution >= 4 is 16.7 Å². The highest BCUT2D eigenvalue weighted by Crippen LogP contribution is 2.33. The van der Waals surface area contributed by atoms with Gasteiger partial charge < -0.3 is 15.3 Å². The molecule has 3 N–H and O–H groups in total. The monoisotopic (exact) mass is 408 g/mol. The lowest BCUT2D eigenvalue weighted by Crippen LogP contribution is -2.02. The minimum atomic E-state index is -1.08. The third-order valence-corrected chi connectivity index (χ3v) is 5.12. The maximum Gasteiger partial charge on any atom is 0.335 e. The topological polar surface area (TPSA) is 77.8 Å². The Hall–Kier alpha value is -4.07. The number of carbonyl (C=O) groups is 1. The first-order valence-corrected chi connectivity index (χ1v) is 9.82. The number of carboxylic acid groups (broad SMARTS) is 1. The van der Waals surface area contributed by atoms with Crippen molar-refractivity contribution in [3.63, 3.8) is 0 Å². The van der Waals surface area contributed by atoms with Crippen molar-refractivity contribution in [3.8, 4) is 17.6 Å². The molecule has 0 spiro atoms. The van der Waals surface area contributed by atoms with E-state index in [1.54, 1.807) is 24.3 Å². The second-order valence-corrected chi connectivity index (χ2v) is 7.27. The molecule has 0 aliphatic rings. The van der Waals surface area contributed by atoms with E-state index in [2.05, 4.69) is 11.8 Å². The molecule has 4 heteroatoms. The predicted octanol–water partition coefficient (Wildman–Crippen LogP) is 4.92. The summed E-state index contributed by atoms with van der Waals surface area (Å²) >= 11 is 0. The molecule has 4 rings (SSSR count). The van der Waals surface area contributed by atoms with Crippen molar-refractivity contribution < 1.29 is 20.1 Å². The summed E-state index contributed by atoms with van der Waals surface area (Å²) in [4.78, 5) is 11.0. The molecule has 0 aliphatic carbocycles. The quantitative estimate of drug-likeness (QED) is 0.419. The van der Waals surface area contributed by atoms with E-state index in [0.717, 1.165) is 21.9 Å². The van der Waals surface area contributed by atoms with E-state index in [0.29, 0.717) is 17.5 Å². The smallest absolute Gasteiger partial charge is 0.335 e. The van der Waals surface area contributed by atoms with Crippen molar-refractivity contribution in [3.05, 3.63) is 113 Å². The molecule has 0 fully saturated rings. The molecule has 0 saturated carbocycles. The minimum Gasteiger partial charge on any atom is -0.508 e. The molecule has 4 aromatic rings. The van der Waals surface area contributed by atoms with Gasteiger partial charge in [0.15, 0.2) is 0 Å². The summed E-state index contributed by atoms with van der Waals surface area (Å²) in [5, 5.41) is 31.9. The number of rotatable bonds is 4. The van der Waals surface area contributed by atoms with Crippen LogP contribution in [0.2, 0.25) is 0 Å². The van der Waals surface area contributed by atoms with Gasteiger partial charge in [0.25, 0.3) is 0 Å². The number of aromatic hydroxyl groups is 1. The number of carboxylic acids is 1. The fourth-order valence-electron chi connectivity index (χ4n) is 3.43. The van der Waals surface area contributed by atoms with E-state index in [1.165, 1.54) is 12.1 Å². The summed E-state index contributed by atoms with van der Waals surface area (Å²) in [6.07, 6.45) is -0.426. The summed E-state index contributed by atoms with van der Waals surface area (Å²) in [6.45, 7) is 0. The second-order valence-electron chi connectivity index (χ2n) is 7.27. The van der Waals surface area contributed by atoms with Crippen LogP contribution in [-0.4, -0.2) is 21.3 Å². The number of aromatic carboxylic acids is 1. The highest BCUT2D eigenvalue weighted by Gasteiger charge is 2.16. The van der Waals surface area contributed by atoms with Crippen LogP contribution in [0.5, 0.6) is 5.75 Å². The zero-order chi connectivity index (χ0) is 21.8. The fourth-order valence-corrected chi connectivity index (χ4v) is 3.43. The third-order valence-electron chi connectivity index (χ3n) is 5.12. The normalized spacial score (nSPS) is 11.5. The highest BCUT2D eigenvalue weighted by atomic mass is 16.4. The first kappa shape index (κ1) is 20.2. The zero-order valence-corrected chi connectivity index (χ0v) is 16.6. The molecule has 4 nitrogen and oxygen atoms in total. The minimum absolute atomic E-state index is 0.0229. The van der Waals surface area contributed by atoms with E-state index in [1.807, 2.05) is 48.5 Å². The average Bonchev–Trinajstić information content (AvgIpc) is 2.79. The average molecular weight is 408 g/mol. The van der Waals surface area contributed by atoms with Gasteiger partial charge in [-0.25, -0.2) is 4.79 Å². The number of aliphatic hydroxyl groups excluding tert-OH is 1. The lowest BCUT2D eigenvalue weighted by Gasteiger charge is -2.15. The maximum atomic E-state index is 11.0. The van der Waals surface area contributed by atoms with Crippen LogP contribution < -0.4 is 0 Å². The molecule has 0 amide bonds. The Morgan fingerprint density at radius 3 is 2.32 bits per heavy atom. The molecule has 0 bridgehead atoms. The molecule has 0 saturated heterocycles. The zero-order valence-electron chi connectivity index (χ0n) is 16.6. The number of fused-ring (bicyclic) bond motifs is 1. The summed E-state index contributed by atoms with van der Waals surface area (Å²) < 4.78 is 0. The lowest BCUT2D eigenvalue weighted by molar-refractivity contribution is 0.0696. The molecule has 4 aromatic carbocycles. The molecular weight excluding hydrogens is 388 g/mol. The first-order valence-electron chi connectivity index (χ1n) is 9.82. The number of phenolic OH excluding ortho intramolecular Hbond substituents is 1. The molecule has 152 valence electrons. The summed E-state index contributed by atoms with van der Waals surface area (Å²) in [5.41, 5.74) is 2.99. The van der Waals surface area contributed by atoms with Crippen LogP contribution in [0.15, 0.2) is 84.9 Å². The van der Waals surface area contributed by atoms with Crippen molar-refractivity contribution in [2.24, 2.45) is 0 Å². The lowest BCUT2D eigenvalue weighted by atomic mass is 9.96. The van der Waals surface area contributed by atoms with E-state index in [-0.39, 0.29) is 11.3 Å². The molecule has 0 radical (unpaired) electrons. The summed E-state index contributed by atoms with van der Waals surface area (Å²) in [6, 6.07) is 25.0. The largest absolute Gasteiger partial charge is 0.508 e. The summed E-state index contributed by atoms with van der Waals surface area (Å²) in [5.74, 6) is 5.29. The van der Waals surface area contributed by atoms with Gasteiger partial charge in [0, 0.05) is 17.5 Å². The number of hydrogen-bond donors (Lipinski definition) is 3. The van der Waals surface area contributed by atoms with E-state index in [4.69, 9.17) is 5.11 Å². The third kappa shape index (κ3) is 4.58. The first-order chi connectivity index (χ1) is 15.0. The van der Waals surface area contributed by atoms with Gasteiger partial charge >= 0.3 is 5.97 Å². The van der Waals surface area contributed by atoms with E-state index in [9.17, 15) is 15.0 Å². The van der Waals surface area contributed by atoms with Gasteiger partial charge in [0.2, 0.25) is 0 Å². The highest BCUT2D eigenvalue weighted by molar-refractivity contribution is 5.88. The Balaban J connectivity index is 1.62. The van der Waals surface area contributed by atoms with Crippen molar-refractivity contribution in [2.75, 3.05) is 0 Å². The molecule has 0 aromatic heterocycles. The molecule has 1 atom stereocenters. The number of hydrogen-bond acceptors (Lipinski definition) is 3. The Labute approximate surface area is 180 Å². The van der Waals surface area contributed by atoms with E-state index < -0.39 is 12.1 Å². The van der Waals surface area contributed by atoms with Gasteiger partial charge in [-0.15, -0.1) is 0 Å². The van der Waals surface area contributed by atoms with Crippen LogP contribution in [-0.2, 0) is 6.42 Å². The van der Waals surface area contributed by atoms with Gasteiger partial charge in [-0.1, -0.05) is 60.4 Å². The molecular formula is C27H20O4. The van der Waals surface area contributed by atoms with Gasteiger partial charge in [-0.05, 0) is 58.3 Å². The van der Waals surface area contributed by atoms with Crippen molar-refractivity contribution in [1.29, 1.82) is 0 Å². The van der Waals surface area contributed by atoms with E-state index >= 15 is 0 Å². The Kier molecular flexibility index (Phi) is 5.70. The summed E-state index contributed by atoms with van der Waals surface area (Å²) in [7, 11) is 0. The van der Waals surface area contributed by atoms with Gasteiger partial charge in [0.1, 0.15) is 11.9 Å². The predicted molar refractivity (Wildman–Crippen MR) is 120 cm³/mol. The Bertz CT molecular complexity index is 1300. The van der Waals surface area contributed by atoms with Crippen LogP contribution in [0.4, 0.5) is 0 Å². The number of aliphatic hydroxyl groups is 1.